The lowest BCUT2D eigenvalue weighted by Gasteiger charge is -2.16. The van der Waals surface area contributed by atoms with E-state index in [4.69, 9.17) is 39.5 Å². The number of halogens is 3. The van der Waals surface area contributed by atoms with Crippen LogP contribution in [0.15, 0.2) is 35.0 Å². The van der Waals surface area contributed by atoms with E-state index in [0.717, 1.165) is 4.90 Å². The molecule has 21 heavy (non-hydrogen) atoms. The second-order valence-corrected chi connectivity index (χ2v) is 5.80. The van der Waals surface area contributed by atoms with E-state index in [1.165, 1.54) is 14.2 Å². The molecule has 1 heterocycles. The Bertz CT molecular complexity index is 625. The van der Waals surface area contributed by atoms with E-state index >= 15 is 0 Å². The number of hydrogen-bond donors (Lipinski definition) is 0. The molecule has 0 fully saturated rings. The molecule has 1 aliphatic rings. The molecule has 0 bridgehead atoms. The van der Waals surface area contributed by atoms with Gasteiger partial charge in [-0.25, -0.2) is 4.79 Å². The van der Waals surface area contributed by atoms with Crippen molar-refractivity contribution < 1.29 is 19.1 Å². The largest absolute Gasteiger partial charge is 0.497 e. The molecule has 1 aromatic rings. The molecular weight excluding hydrogens is 341 g/mol. The van der Waals surface area contributed by atoms with E-state index in [1.54, 1.807) is 24.3 Å². The number of rotatable bonds is 3. The van der Waals surface area contributed by atoms with Crippen molar-refractivity contribution in [1.29, 1.82) is 0 Å². The summed E-state index contributed by atoms with van der Waals surface area (Å²) < 4.78 is 7.73. The van der Waals surface area contributed by atoms with Crippen LogP contribution in [0.4, 0.5) is 0 Å². The zero-order valence-corrected chi connectivity index (χ0v) is 13.3. The molecule has 112 valence electrons. The van der Waals surface area contributed by atoms with Gasteiger partial charge in [0.1, 0.15) is 10.8 Å². The first kappa shape index (κ1) is 15.9. The minimum absolute atomic E-state index is 0.192. The number of esters is 1. The van der Waals surface area contributed by atoms with Crippen LogP contribution in [-0.2, 0) is 9.53 Å². The molecule has 2 rings (SSSR count). The van der Waals surface area contributed by atoms with Crippen LogP contribution in [-0.4, -0.2) is 35.5 Å². The van der Waals surface area contributed by atoms with Gasteiger partial charge in [0, 0.05) is 12.6 Å². The lowest BCUT2D eigenvalue weighted by Crippen LogP contribution is -2.29. The summed E-state index contributed by atoms with van der Waals surface area (Å²) in [5, 5.41) is -0.250. The first-order valence-electron chi connectivity index (χ1n) is 5.71. The number of nitrogens with zero attached hydrogens (tertiary/aromatic N) is 1. The molecule has 0 radical (unpaired) electrons. The van der Waals surface area contributed by atoms with Gasteiger partial charge in [0.25, 0.3) is 5.91 Å². The first-order chi connectivity index (χ1) is 9.77. The number of alkyl halides is 2. The summed E-state index contributed by atoms with van der Waals surface area (Å²) in [4.78, 5) is 25.1. The van der Waals surface area contributed by atoms with Crippen molar-refractivity contribution in [3.8, 4) is 5.75 Å². The molecule has 0 saturated carbocycles. The molecule has 0 atom stereocenters. The molecule has 1 aliphatic heterocycles. The van der Waals surface area contributed by atoms with Gasteiger partial charge in [-0.05, 0) is 24.3 Å². The van der Waals surface area contributed by atoms with Crippen molar-refractivity contribution in [2.45, 2.75) is 4.52 Å². The van der Waals surface area contributed by atoms with E-state index in [1.807, 2.05) is 0 Å². The molecule has 5 nitrogen and oxygen atoms in total. The molecule has 0 spiro atoms. The third kappa shape index (κ3) is 2.95. The number of carbonyl (C=O) groups excluding carboxylic acids is 2. The van der Waals surface area contributed by atoms with Crippen molar-refractivity contribution in [2.24, 2.45) is 0 Å². The van der Waals surface area contributed by atoms with Crippen LogP contribution < -0.4 is 4.74 Å². The average Bonchev–Trinajstić information content (AvgIpc) is 2.66. The number of methoxy groups -OCH3 is 1. The number of cyclic esters (lactones) is 1. The number of carbonyl (C=O) groups is 2. The van der Waals surface area contributed by atoms with E-state index in [-0.39, 0.29) is 10.7 Å². The van der Waals surface area contributed by atoms with Crippen LogP contribution in [0, 0.1) is 0 Å². The van der Waals surface area contributed by atoms with E-state index in [0.29, 0.717) is 11.3 Å². The zero-order chi connectivity index (χ0) is 15.8. The summed E-state index contributed by atoms with van der Waals surface area (Å²) in [6.07, 6.45) is 0. The summed E-state index contributed by atoms with van der Waals surface area (Å²) >= 11 is 17.3. The third-order valence-electron chi connectivity index (χ3n) is 2.85. The maximum absolute atomic E-state index is 12.3. The lowest BCUT2D eigenvalue weighted by molar-refractivity contribution is -0.139. The third-order valence-corrected chi connectivity index (χ3v) is 4.03. The van der Waals surface area contributed by atoms with Gasteiger partial charge in [-0.2, -0.15) is 0 Å². The molecule has 0 saturated heterocycles. The minimum atomic E-state index is -1.97. The number of likely N-dealkylation sites (N-methyl/N-ethyl adjacent to an activating group) is 1. The summed E-state index contributed by atoms with van der Waals surface area (Å²) in [6.45, 7) is 0. The van der Waals surface area contributed by atoms with E-state index in [9.17, 15) is 9.59 Å². The highest BCUT2D eigenvalue weighted by molar-refractivity contribution is 6.57. The van der Waals surface area contributed by atoms with Gasteiger partial charge in [-0.15, -0.1) is 0 Å². The van der Waals surface area contributed by atoms with Crippen molar-refractivity contribution in [3.05, 3.63) is 40.6 Å². The van der Waals surface area contributed by atoms with Crippen molar-refractivity contribution in [1.82, 2.24) is 4.90 Å². The molecule has 0 aliphatic carbocycles. The van der Waals surface area contributed by atoms with Gasteiger partial charge < -0.3 is 14.4 Å². The normalized spacial score (nSPS) is 16.7. The first-order valence-corrected chi connectivity index (χ1v) is 6.85. The van der Waals surface area contributed by atoms with Gasteiger partial charge >= 0.3 is 10.5 Å². The molecule has 0 unspecified atom stereocenters. The van der Waals surface area contributed by atoms with Gasteiger partial charge in [-0.1, -0.05) is 34.8 Å². The van der Waals surface area contributed by atoms with Gasteiger partial charge in [0.15, 0.2) is 5.70 Å². The Morgan fingerprint density at radius 3 is 2.29 bits per heavy atom. The Kier molecular flexibility index (Phi) is 4.37. The van der Waals surface area contributed by atoms with Crippen molar-refractivity contribution >= 4 is 46.7 Å². The fourth-order valence-corrected chi connectivity index (χ4v) is 2.31. The highest BCUT2D eigenvalue weighted by Gasteiger charge is 2.47. The number of hydrogen-bond acceptors (Lipinski definition) is 4. The highest BCUT2D eigenvalue weighted by Crippen LogP contribution is 2.43. The van der Waals surface area contributed by atoms with Crippen molar-refractivity contribution in [2.75, 3.05) is 14.2 Å². The van der Waals surface area contributed by atoms with Crippen LogP contribution in [0.25, 0.3) is 0 Å². The lowest BCUT2D eigenvalue weighted by atomic mass is 10.2. The molecule has 1 aromatic carbocycles. The fourth-order valence-electron chi connectivity index (χ4n) is 1.75. The highest BCUT2D eigenvalue weighted by atomic mass is 35.5. The van der Waals surface area contributed by atoms with Crippen LogP contribution in [0.1, 0.15) is 10.4 Å². The van der Waals surface area contributed by atoms with Crippen LogP contribution in [0.5, 0.6) is 5.75 Å². The quantitative estimate of drug-likeness (QED) is 0.621. The Labute approximate surface area is 136 Å². The van der Waals surface area contributed by atoms with Crippen LogP contribution >= 0.6 is 34.8 Å². The molecule has 8 heteroatoms. The SMILES string of the molecule is COc1ccc(C(=O)N(C)C2=C(Cl)C(Cl)(Cl)OC2=O)cc1. The second kappa shape index (κ2) is 5.75. The van der Waals surface area contributed by atoms with Gasteiger partial charge in [0.2, 0.25) is 0 Å². The second-order valence-electron chi connectivity index (χ2n) is 4.16. The maximum atomic E-state index is 12.3. The monoisotopic (exact) mass is 349 g/mol. The van der Waals surface area contributed by atoms with E-state index < -0.39 is 16.4 Å². The average molecular weight is 351 g/mol. The predicted octanol–water partition coefficient (Wildman–Crippen LogP) is 2.91. The standard InChI is InChI=1S/C13H10Cl3NO4/c1-17(9-10(14)13(15,16)21-12(9)19)11(18)7-3-5-8(20-2)6-4-7/h3-6H,1-2H3. The minimum Gasteiger partial charge on any atom is -0.497 e. The van der Waals surface area contributed by atoms with Gasteiger partial charge in [-0.3, -0.25) is 4.79 Å². The number of amides is 1. The fraction of sp³-hybridized carbons (Fsp3) is 0.231. The summed E-state index contributed by atoms with van der Waals surface area (Å²) in [5.74, 6) is -0.726. The summed E-state index contributed by atoms with van der Waals surface area (Å²) in [7, 11) is 2.89. The predicted molar refractivity (Wildman–Crippen MR) is 78.5 cm³/mol. The Hall–Kier alpha value is -1.43. The van der Waals surface area contributed by atoms with E-state index in [2.05, 4.69) is 4.74 Å². The summed E-state index contributed by atoms with van der Waals surface area (Å²) in [6, 6.07) is 6.36. The molecular formula is C13H10Cl3NO4. The Morgan fingerprint density at radius 2 is 1.86 bits per heavy atom. The number of ether oxygens (including phenoxy) is 2. The van der Waals surface area contributed by atoms with Crippen LogP contribution in [0.3, 0.4) is 0 Å². The molecule has 0 N–H and O–H groups in total. The maximum Gasteiger partial charge on any atom is 0.359 e. The topological polar surface area (TPSA) is 55.8 Å². The van der Waals surface area contributed by atoms with Crippen LogP contribution in [0.2, 0.25) is 0 Å². The Balaban J connectivity index is 2.31. The smallest absolute Gasteiger partial charge is 0.359 e. The Morgan fingerprint density at radius 1 is 1.29 bits per heavy atom. The molecule has 1 amide bonds. The number of benzene rings is 1. The molecule has 0 aromatic heterocycles. The van der Waals surface area contributed by atoms with Crippen molar-refractivity contribution in [3.63, 3.8) is 0 Å². The summed E-state index contributed by atoms with van der Waals surface area (Å²) in [5.41, 5.74) is 0.146. The zero-order valence-electron chi connectivity index (χ0n) is 11.0. The van der Waals surface area contributed by atoms with Gasteiger partial charge in [0.05, 0.1) is 7.11 Å².